The van der Waals surface area contributed by atoms with Gasteiger partial charge >= 0.3 is 0 Å². The van der Waals surface area contributed by atoms with Gasteiger partial charge in [0.25, 0.3) is 0 Å². The van der Waals surface area contributed by atoms with Gasteiger partial charge < -0.3 is 15.2 Å². The van der Waals surface area contributed by atoms with E-state index in [-0.39, 0.29) is 11.7 Å². The number of benzene rings is 1. The van der Waals surface area contributed by atoms with Crippen LogP contribution in [-0.4, -0.2) is 36.9 Å². The number of nitrogens with one attached hydrogen (secondary N) is 1. The van der Waals surface area contributed by atoms with Crippen LogP contribution in [0.1, 0.15) is 31.7 Å². The van der Waals surface area contributed by atoms with Gasteiger partial charge in [-0.05, 0) is 43.9 Å². The molecule has 0 aromatic heterocycles. The number of ether oxygens (including phenoxy) is 1. The van der Waals surface area contributed by atoms with Gasteiger partial charge in [-0.2, -0.15) is 0 Å². The zero-order valence-corrected chi connectivity index (χ0v) is 12.3. The van der Waals surface area contributed by atoms with Gasteiger partial charge in [-0.15, -0.1) is 0 Å². The van der Waals surface area contributed by atoms with Gasteiger partial charge in [-0.3, -0.25) is 4.79 Å². The molecule has 0 saturated carbocycles. The van der Waals surface area contributed by atoms with Gasteiger partial charge in [0.1, 0.15) is 5.82 Å². The fraction of sp³-hybridized carbons (Fsp3) is 0.562. The molecule has 1 aliphatic heterocycles. The van der Waals surface area contributed by atoms with Crippen LogP contribution >= 0.6 is 0 Å². The summed E-state index contributed by atoms with van der Waals surface area (Å²) in [4.78, 5) is 12.6. The first-order chi connectivity index (χ1) is 10.0. The highest BCUT2D eigenvalue weighted by Crippen LogP contribution is 2.35. The predicted octanol–water partition coefficient (Wildman–Crippen LogP) is 1.76. The fourth-order valence-electron chi connectivity index (χ4n) is 2.72. The lowest BCUT2D eigenvalue weighted by Crippen LogP contribution is -2.48. The maximum absolute atomic E-state index is 13.5. The molecule has 1 amide bonds. The molecule has 0 aliphatic carbocycles. The van der Waals surface area contributed by atoms with E-state index in [1.807, 2.05) is 0 Å². The molecular weight excluding hydrogens is 273 g/mol. The third-order valence-electron chi connectivity index (χ3n) is 4.01. The van der Waals surface area contributed by atoms with Crippen LogP contribution in [0.2, 0.25) is 0 Å². The molecule has 5 heteroatoms. The number of hydrogen-bond donors (Lipinski definition) is 2. The van der Waals surface area contributed by atoms with Crippen molar-refractivity contribution in [2.24, 2.45) is 0 Å². The molecule has 0 spiro atoms. The Morgan fingerprint density at radius 1 is 1.48 bits per heavy atom. The summed E-state index contributed by atoms with van der Waals surface area (Å²) in [5.74, 6) is -0.452. The van der Waals surface area contributed by atoms with E-state index in [4.69, 9.17) is 4.74 Å². The Balaban J connectivity index is 2.18. The van der Waals surface area contributed by atoms with Gasteiger partial charge in [-0.25, -0.2) is 4.39 Å². The molecule has 2 rings (SSSR count). The van der Waals surface area contributed by atoms with Gasteiger partial charge in [0.15, 0.2) is 0 Å². The third-order valence-corrected chi connectivity index (χ3v) is 4.01. The molecule has 0 bridgehead atoms. The number of rotatable bonds is 5. The molecule has 1 aliphatic rings. The average molecular weight is 295 g/mol. The summed E-state index contributed by atoms with van der Waals surface area (Å²) in [7, 11) is 0. The van der Waals surface area contributed by atoms with Crippen molar-refractivity contribution in [3.05, 3.63) is 35.6 Å². The largest absolute Gasteiger partial charge is 0.393 e. The average Bonchev–Trinajstić information content (AvgIpc) is 2.47. The van der Waals surface area contributed by atoms with Crippen LogP contribution < -0.4 is 5.32 Å². The molecule has 1 heterocycles. The first-order valence-corrected chi connectivity index (χ1v) is 7.35. The van der Waals surface area contributed by atoms with Crippen LogP contribution in [0.5, 0.6) is 0 Å². The van der Waals surface area contributed by atoms with Gasteiger partial charge in [0, 0.05) is 19.8 Å². The summed E-state index contributed by atoms with van der Waals surface area (Å²) in [5.41, 5.74) is -0.0423. The van der Waals surface area contributed by atoms with Crippen molar-refractivity contribution in [3.8, 4) is 0 Å². The molecule has 1 saturated heterocycles. The number of amides is 1. The summed E-state index contributed by atoms with van der Waals surface area (Å²) < 4.78 is 18.9. The van der Waals surface area contributed by atoms with Crippen molar-refractivity contribution >= 4 is 5.91 Å². The Bertz CT molecular complexity index is 484. The van der Waals surface area contributed by atoms with E-state index >= 15 is 0 Å². The molecule has 1 fully saturated rings. The fourth-order valence-corrected chi connectivity index (χ4v) is 2.72. The summed E-state index contributed by atoms with van der Waals surface area (Å²) in [6.45, 7) is 3.07. The van der Waals surface area contributed by atoms with Crippen LogP contribution in [0, 0.1) is 5.82 Å². The van der Waals surface area contributed by atoms with Crippen LogP contribution in [0.4, 0.5) is 4.39 Å². The predicted molar refractivity (Wildman–Crippen MR) is 77.4 cm³/mol. The minimum absolute atomic E-state index is 0.114. The van der Waals surface area contributed by atoms with Crippen molar-refractivity contribution in [3.63, 3.8) is 0 Å². The van der Waals surface area contributed by atoms with E-state index in [1.165, 1.54) is 12.1 Å². The number of carbonyl (C=O) groups excluding carboxylic acids is 1. The van der Waals surface area contributed by atoms with Gasteiger partial charge in [-0.1, -0.05) is 12.1 Å². The van der Waals surface area contributed by atoms with E-state index in [0.29, 0.717) is 44.6 Å². The Morgan fingerprint density at radius 3 is 2.81 bits per heavy atom. The first kappa shape index (κ1) is 15.9. The van der Waals surface area contributed by atoms with Crippen LogP contribution in [0.3, 0.4) is 0 Å². The Labute approximate surface area is 124 Å². The van der Waals surface area contributed by atoms with E-state index in [0.717, 1.165) is 0 Å². The van der Waals surface area contributed by atoms with Crippen LogP contribution in [0.25, 0.3) is 0 Å². The number of aliphatic hydroxyl groups excluding tert-OH is 1. The lowest BCUT2D eigenvalue weighted by molar-refractivity contribution is -0.130. The van der Waals surface area contributed by atoms with E-state index in [2.05, 4.69) is 5.32 Å². The second-order valence-corrected chi connectivity index (χ2v) is 5.60. The zero-order chi connectivity index (χ0) is 15.3. The van der Waals surface area contributed by atoms with E-state index in [9.17, 15) is 14.3 Å². The van der Waals surface area contributed by atoms with Crippen molar-refractivity contribution in [1.82, 2.24) is 5.32 Å². The SMILES string of the molecule is CC(O)CCNC(=O)C1(c2cccc(F)c2)CCOCC1. The smallest absolute Gasteiger partial charge is 0.230 e. The Morgan fingerprint density at radius 2 is 2.19 bits per heavy atom. The van der Waals surface area contributed by atoms with Crippen LogP contribution in [0.15, 0.2) is 24.3 Å². The zero-order valence-electron chi connectivity index (χ0n) is 12.3. The topological polar surface area (TPSA) is 58.6 Å². The van der Waals surface area contributed by atoms with Crippen molar-refractivity contribution in [2.45, 2.75) is 37.7 Å². The van der Waals surface area contributed by atoms with Crippen molar-refractivity contribution in [2.75, 3.05) is 19.8 Å². The number of aliphatic hydroxyl groups is 1. The monoisotopic (exact) mass is 295 g/mol. The molecule has 1 unspecified atom stereocenters. The number of carbonyl (C=O) groups is 1. The standard InChI is InChI=1S/C16H22FNO3/c1-12(19)5-8-18-15(20)16(6-9-21-10-7-16)13-3-2-4-14(17)11-13/h2-4,11-12,19H,5-10H2,1H3,(H,18,20). The lowest BCUT2D eigenvalue weighted by Gasteiger charge is -2.36. The lowest BCUT2D eigenvalue weighted by atomic mass is 9.73. The maximum Gasteiger partial charge on any atom is 0.230 e. The number of halogens is 1. The minimum atomic E-state index is -0.737. The molecule has 0 radical (unpaired) electrons. The van der Waals surface area contributed by atoms with E-state index in [1.54, 1.807) is 19.1 Å². The first-order valence-electron chi connectivity index (χ1n) is 7.35. The molecule has 2 N–H and O–H groups in total. The van der Waals surface area contributed by atoms with Crippen molar-refractivity contribution in [1.29, 1.82) is 0 Å². The summed E-state index contributed by atoms with van der Waals surface area (Å²) in [6, 6.07) is 6.23. The molecule has 116 valence electrons. The normalized spacial score (nSPS) is 19.0. The quantitative estimate of drug-likeness (QED) is 0.870. The van der Waals surface area contributed by atoms with Crippen LogP contribution in [-0.2, 0) is 14.9 Å². The molecule has 4 nitrogen and oxygen atoms in total. The summed E-state index contributed by atoms with van der Waals surface area (Å²) in [5, 5.41) is 12.1. The second kappa shape index (κ2) is 7.00. The summed E-state index contributed by atoms with van der Waals surface area (Å²) >= 11 is 0. The molecule has 1 aromatic carbocycles. The number of hydrogen-bond acceptors (Lipinski definition) is 3. The van der Waals surface area contributed by atoms with Gasteiger partial charge in [0.2, 0.25) is 5.91 Å². The molecule has 1 aromatic rings. The molecule has 21 heavy (non-hydrogen) atoms. The molecular formula is C16H22FNO3. The summed E-state index contributed by atoms with van der Waals surface area (Å²) in [6.07, 6.45) is 1.13. The minimum Gasteiger partial charge on any atom is -0.393 e. The Kier molecular flexibility index (Phi) is 5.31. The third kappa shape index (κ3) is 3.80. The van der Waals surface area contributed by atoms with Crippen molar-refractivity contribution < 1.29 is 19.0 Å². The Hall–Kier alpha value is -1.46. The second-order valence-electron chi connectivity index (χ2n) is 5.60. The molecule has 1 atom stereocenters. The van der Waals surface area contributed by atoms with Gasteiger partial charge in [0.05, 0.1) is 11.5 Å². The van der Waals surface area contributed by atoms with E-state index < -0.39 is 11.5 Å². The highest BCUT2D eigenvalue weighted by Gasteiger charge is 2.41. The highest BCUT2D eigenvalue weighted by atomic mass is 19.1. The maximum atomic E-state index is 13.5. The highest BCUT2D eigenvalue weighted by molar-refractivity contribution is 5.88.